The van der Waals surface area contributed by atoms with Crippen LogP contribution in [-0.4, -0.2) is 17.0 Å². The molecule has 0 aliphatic carbocycles. The van der Waals surface area contributed by atoms with E-state index in [0.717, 1.165) is 30.4 Å². The second-order valence-electron chi connectivity index (χ2n) is 5.16. The van der Waals surface area contributed by atoms with Gasteiger partial charge in [-0.3, -0.25) is 4.79 Å². The van der Waals surface area contributed by atoms with Gasteiger partial charge in [0.2, 0.25) is 5.91 Å². The van der Waals surface area contributed by atoms with Crippen LogP contribution in [0.25, 0.3) is 11.1 Å². The van der Waals surface area contributed by atoms with E-state index in [1.165, 1.54) is 6.07 Å². The molecule has 0 saturated carbocycles. The lowest BCUT2D eigenvalue weighted by molar-refractivity contribution is 0.0692. The normalized spacial score (nSPS) is 10.4. The molecule has 4 nitrogen and oxygen atoms in total. The molecule has 114 valence electrons. The quantitative estimate of drug-likeness (QED) is 0.856. The number of benzene rings is 2. The second kappa shape index (κ2) is 6.89. The molecule has 0 saturated heterocycles. The van der Waals surface area contributed by atoms with Gasteiger partial charge in [-0.2, -0.15) is 0 Å². The van der Waals surface area contributed by atoms with Gasteiger partial charge in [0.05, 0.1) is 11.1 Å². The largest absolute Gasteiger partial charge is 0.478 e. The van der Waals surface area contributed by atoms with Gasteiger partial charge in [-0.15, -0.1) is 0 Å². The Morgan fingerprint density at radius 2 is 1.77 bits per heavy atom. The average molecular weight is 297 g/mol. The predicted octanol–water partition coefficient (Wildman–Crippen LogP) is 3.49. The highest BCUT2D eigenvalue weighted by atomic mass is 16.4. The summed E-state index contributed by atoms with van der Waals surface area (Å²) in [6.45, 7) is 2.09. The van der Waals surface area contributed by atoms with E-state index in [2.05, 4.69) is 6.92 Å². The zero-order valence-corrected chi connectivity index (χ0v) is 12.5. The van der Waals surface area contributed by atoms with Gasteiger partial charge in [-0.25, -0.2) is 4.79 Å². The Morgan fingerprint density at radius 1 is 1.09 bits per heavy atom. The number of aromatic carboxylic acids is 1. The highest BCUT2D eigenvalue weighted by Gasteiger charge is 2.22. The number of rotatable bonds is 6. The molecule has 0 heterocycles. The Labute approximate surface area is 129 Å². The number of nitrogens with two attached hydrogens (primary N) is 1. The van der Waals surface area contributed by atoms with Crippen LogP contribution in [0.2, 0.25) is 0 Å². The summed E-state index contributed by atoms with van der Waals surface area (Å²) in [5.74, 6) is -1.86. The van der Waals surface area contributed by atoms with Gasteiger partial charge in [-0.05, 0) is 35.6 Å². The van der Waals surface area contributed by atoms with Crippen molar-refractivity contribution < 1.29 is 14.7 Å². The van der Waals surface area contributed by atoms with Gasteiger partial charge in [0.1, 0.15) is 0 Å². The molecule has 0 aromatic heterocycles. The first-order chi connectivity index (χ1) is 10.6. The minimum absolute atomic E-state index is 0.0494. The first kappa shape index (κ1) is 15.8. The number of carbonyl (C=O) groups excluding carboxylic acids is 1. The Morgan fingerprint density at radius 3 is 2.32 bits per heavy atom. The van der Waals surface area contributed by atoms with Crippen LogP contribution in [-0.2, 0) is 6.42 Å². The summed E-state index contributed by atoms with van der Waals surface area (Å²) >= 11 is 0. The molecule has 2 aromatic rings. The average Bonchev–Trinajstić information content (AvgIpc) is 2.52. The minimum atomic E-state index is -1.15. The van der Waals surface area contributed by atoms with Crippen LogP contribution in [0, 0.1) is 0 Å². The fourth-order valence-electron chi connectivity index (χ4n) is 2.59. The fourth-order valence-corrected chi connectivity index (χ4v) is 2.59. The number of carboxylic acids is 1. The third kappa shape index (κ3) is 3.17. The van der Waals surface area contributed by atoms with Crippen LogP contribution >= 0.6 is 0 Å². The molecule has 2 rings (SSSR count). The van der Waals surface area contributed by atoms with Crippen molar-refractivity contribution in [2.24, 2.45) is 5.73 Å². The SMILES string of the molecule is CCCCc1ccc(C(=O)O)c(C(N)=O)c1-c1ccccc1. The highest BCUT2D eigenvalue weighted by molar-refractivity contribution is 6.09. The number of hydrogen-bond acceptors (Lipinski definition) is 2. The van der Waals surface area contributed by atoms with Crippen molar-refractivity contribution in [3.05, 3.63) is 59.2 Å². The molecular formula is C18H19NO3. The zero-order chi connectivity index (χ0) is 16.1. The molecule has 4 heteroatoms. The Bertz CT molecular complexity index is 693. The van der Waals surface area contributed by atoms with Crippen molar-refractivity contribution in [3.8, 4) is 11.1 Å². The van der Waals surface area contributed by atoms with Crippen molar-refractivity contribution >= 4 is 11.9 Å². The highest BCUT2D eigenvalue weighted by Crippen LogP contribution is 2.31. The Hall–Kier alpha value is -2.62. The van der Waals surface area contributed by atoms with Crippen LogP contribution in [0.15, 0.2) is 42.5 Å². The van der Waals surface area contributed by atoms with Crippen molar-refractivity contribution in [3.63, 3.8) is 0 Å². The second-order valence-corrected chi connectivity index (χ2v) is 5.16. The van der Waals surface area contributed by atoms with Gasteiger partial charge in [0, 0.05) is 0 Å². The molecule has 0 radical (unpaired) electrons. The van der Waals surface area contributed by atoms with Crippen molar-refractivity contribution in [2.75, 3.05) is 0 Å². The first-order valence-electron chi connectivity index (χ1n) is 7.30. The fraction of sp³-hybridized carbons (Fsp3) is 0.222. The lowest BCUT2D eigenvalue weighted by atomic mass is 9.88. The Kier molecular flexibility index (Phi) is 4.94. The van der Waals surface area contributed by atoms with E-state index >= 15 is 0 Å². The third-order valence-corrected chi connectivity index (χ3v) is 3.63. The molecular weight excluding hydrogens is 278 g/mol. The molecule has 0 unspecified atom stereocenters. The lowest BCUT2D eigenvalue weighted by Gasteiger charge is -2.15. The number of aryl methyl sites for hydroxylation is 1. The standard InChI is InChI=1S/C18H19NO3/c1-2-3-7-13-10-11-14(18(21)22)16(17(19)20)15(13)12-8-5-4-6-9-12/h4-6,8-11H,2-3,7H2,1H3,(H2,19,20)(H,21,22). The van der Waals surface area contributed by atoms with Crippen molar-refractivity contribution in [1.29, 1.82) is 0 Å². The molecule has 0 aliphatic heterocycles. The van der Waals surface area contributed by atoms with Gasteiger partial charge < -0.3 is 10.8 Å². The molecule has 2 aromatic carbocycles. The summed E-state index contributed by atoms with van der Waals surface area (Å²) in [4.78, 5) is 23.3. The topological polar surface area (TPSA) is 80.4 Å². The number of primary amides is 1. The predicted molar refractivity (Wildman–Crippen MR) is 86.0 cm³/mol. The van der Waals surface area contributed by atoms with Crippen molar-refractivity contribution in [2.45, 2.75) is 26.2 Å². The maximum atomic E-state index is 11.9. The van der Waals surface area contributed by atoms with E-state index in [4.69, 9.17) is 5.73 Å². The monoisotopic (exact) mass is 297 g/mol. The number of hydrogen-bond donors (Lipinski definition) is 2. The first-order valence-corrected chi connectivity index (χ1v) is 7.30. The van der Waals surface area contributed by atoms with Crippen LogP contribution < -0.4 is 5.73 Å². The van der Waals surface area contributed by atoms with Crippen LogP contribution in [0.5, 0.6) is 0 Å². The van der Waals surface area contributed by atoms with Crippen LogP contribution in [0.4, 0.5) is 0 Å². The maximum absolute atomic E-state index is 11.9. The summed E-state index contributed by atoms with van der Waals surface area (Å²) < 4.78 is 0. The molecule has 1 amide bonds. The molecule has 0 atom stereocenters. The molecule has 0 spiro atoms. The zero-order valence-electron chi connectivity index (χ0n) is 12.5. The smallest absolute Gasteiger partial charge is 0.336 e. The summed E-state index contributed by atoms with van der Waals surface area (Å²) in [5.41, 5.74) is 7.93. The summed E-state index contributed by atoms with van der Waals surface area (Å²) in [7, 11) is 0. The maximum Gasteiger partial charge on any atom is 0.336 e. The van der Waals surface area contributed by atoms with E-state index in [-0.39, 0.29) is 11.1 Å². The summed E-state index contributed by atoms with van der Waals surface area (Å²) in [6, 6.07) is 12.6. The summed E-state index contributed by atoms with van der Waals surface area (Å²) in [5, 5.41) is 9.35. The Balaban J connectivity index is 2.75. The third-order valence-electron chi connectivity index (χ3n) is 3.63. The van der Waals surface area contributed by atoms with E-state index in [9.17, 15) is 14.7 Å². The van der Waals surface area contributed by atoms with E-state index < -0.39 is 11.9 Å². The van der Waals surface area contributed by atoms with Crippen molar-refractivity contribution in [1.82, 2.24) is 0 Å². The van der Waals surface area contributed by atoms with Gasteiger partial charge in [0.15, 0.2) is 0 Å². The summed E-state index contributed by atoms with van der Waals surface area (Å²) in [6.07, 6.45) is 2.76. The van der Waals surface area contributed by atoms with Crippen LogP contribution in [0.1, 0.15) is 46.0 Å². The van der Waals surface area contributed by atoms with Gasteiger partial charge in [0.25, 0.3) is 0 Å². The molecule has 22 heavy (non-hydrogen) atoms. The number of amides is 1. The van der Waals surface area contributed by atoms with E-state index in [1.54, 1.807) is 6.07 Å². The molecule has 3 N–H and O–H groups in total. The van der Waals surface area contributed by atoms with Gasteiger partial charge in [-0.1, -0.05) is 49.7 Å². The molecule has 0 fully saturated rings. The molecule has 0 bridgehead atoms. The number of carboxylic acid groups (broad SMARTS) is 1. The minimum Gasteiger partial charge on any atom is -0.478 e. The number of carbonyl (C=O) groups is 2. The van der Waals surface area contributed by atoms with E-state index in [0.29, 0.717) is 5.56 Å². The lowest BCUT2D eigenvalue weighted by Crippen LogP contribution is -2.19. The molecule has 0 aliphatic rings. The number of unbranched alkanes of at least 4 members (excludes halogenated alkanes) is 1. The van der Waals surface area contributed by atoms with Crippen LogP contribution in [0.3, 0.4) is 0 Å². The van der Waals surface area contributed by atoms with E-state index in [1.807, 2.05) is 30.3 Å². The van der Waals surface area contributed by atoms with Gasteiger partial charge >= 0.3 is 5.97 Å².